The molecule has 0 bridgehead atoms. The van der Waals surface area contributed by atoms with Crippen molar-refractivity contribution in [2.45, 2.75) is 13.1 Å². The Kier molecular flexibility index (Phi) is 6.94. The monoisotopic (exact) mass is 292 g/mol. The average Bonchev–Trinajstić information content (AvgIpc) is 2.49. The average molecular weight is 293 g/mol. The maximum absolute atomic E-state index is 5.53. The molecule has 0 unspecified atom stereocenters. The van der Waals surface area contributed by atoms with E-state index in [1.807, 2.05) is 48.5 Å². The smallest absolute Gasteiger partial charge is 0.529 e. The van der Waals surface area contributed by atoms with Crippen LogP contribution in [0.2, 0.25) is 0 Å². The van der Waals surface area contributed by atoms with Crippen LogP contribution in [0.15, 0.2) is 48.5 Å². The van der Waals surface area contributed by atoms with Gasteiger partial charge in [-0.3, -0.25) is 0 Å². The van der Waals surface area contributed by atoms with Crippen LogP contribution in [0.1, 0.15) is 11.1 Å². The molecule has 2 aromatic rings. The molecule has 106 valence electrons. The van der Waals surface area contributed by atoms with Crippen molar-refractivity contribution in [3.63, 3.8) is 0 Å². The summed E-state index contributed by atoms with van der Waals surface area (Å²) in [5.41, 5.74) is 13.2. The number of hydrogen-bond acceptors (Lipinski definition) is 4. The lowest BCUT2D eigenvalue weighted by molar-refractivity contribution is 0.459. The van der Waals surface area contributed by atoms with E-state index in [2.05, 4.69) is 0 Å². The van der Waals surface area contributed by atoms with Crippen molar-refractivity contribution in [3.05, 3.63) is 59.7 Å². The van der Waals surface area contributed by atoms with Crippen molar-refractivity contribution in [2.75, 3.05) is 0 Å². The minimum Gasteiger partial charge on any atom is -0.529 e. The zero-order chi connectivity index (χ0) is 13.5. The van der Waals surface area contributed by atoms with E-state index in [1.54, 1.807) is 0 Å². The van der Waals surface area contributed by atoms with Gasteiger partial charge in [0.05, 0.1) is 0 Å². The maximum Gasteiger partial charge on any atom is 0.576 e. The second-order valence-corrected chi connectivity index (χ2v) is 4.10. The van der Waals surface area contributed by atoms with Gasteiger partial charge in [0.1, 0.15) is 11.5 Å². The highest BCUT2D eigenvalue weighted by Gasteiger charge is 2.00. The lowest BCUT2D eigenvalue weighted by Crippen LogP contribution is -2.11. The first kappa shape index (κ1) is 16.4. The Morgan fingerprint density at radius 3 is 1.35 bits per heavy atom. The molecule has 0 spiro atoms. The molecule has 0 saturated heterocycles. The van der Waals surface area contributed by atoms with Crippen molar-refractivity contribution < 1.29 is 9.31 Å². The highest BCUT2D eigenvalue weighted by atomic mass is 35.5. The summed E-state index contributed by atoms with van der Waals surface area (Å²) in [6.07, 6.45) is 0. The van der Waals surface area contributed by atoms with Crippen LogP contribution < -0.4 is 20.8 Å². The van der Waals surface area contributed by atoms with E-state index in [-0.39, 0.29) is 20.1 Å². The van der Waals surface area contributed by atoms with Crippen LogP contribution in [0, 0.1) is 0 Å². The Morgan fingerprint density at radius 2 is 1.05 bits per heavy atom. The first-order valence-electron chi connectivity index (χ1n) is 6.15. The van der Waals surface area contributed by atoms with Crippen LogP contribution in [-0.2, 0) is 13.1 Å². The van der Waals surface area contributed by atoms with Gasteiger partial charge in [-0.1, -0.05) is 24.3 Å². The molecule has 6 heteroatoms. The predicted octanol–water partition coefficient (Wildman–Crippen LogP) is 1.75. The van der Waals surface area contributed by atoms with Gasteiger partial charge in [0.2, 0.25) is 0 Å². The van der Waals surface area contributed by atoms with Crippen LogP contribution in [0.25, 0.3) is 0 Å². The molecule has 4 N–H and O–H groups in total. The van der Waals surface area contributed by atoms with Gasteiger partial charge in [-0.05, 0) is 35.4 Å². The zero-order valence-corrected chi connectivity index (χ0v) is 11.9. The third-order valence-corrected chi connectivity index (χ3v) is 2.77. The molecule has 0 radical (unpaired) electrons. The second kappa shape index (κ2) is 8.48. The molecule has 0 fully saturated rings. The minimum absolute atomic E-state index is 0. The van der Waals surface area contributed by atoms with Gasteiger partial charge in [-0.2, -0.15) is 0 Å². The van der Waals surface area contributed by atoms with Gasteiger partial charge in [0, 0.05) is 13.1 Å². The van der Waals surface area contributed by atoms with E-state index in [4.69, 9.17) is 20.8 Å². The Morgan fingerprint density at radius 1 is 0.700 bits per heavy atom. The lowest BCUT2D eigenvalue weighted by Gasteiger charge is -2.08. The van der Waals surface area contributed by atoms with Crippen molar-refractivity contribution >= 4 is 20.1 Å². The number of hydrogen-bond donors (Lipinski definition) is 2. The lowest BCUT2D eigenvalue weighted by atomic mass is 10.2. The Balaban J connectivity index is 0.00000200. The highest BCUT2D eigenvalue weighted by molar-refractivity contribution is 6.20. The first-order valence-corrected chi connectivity index (χ1v) is 6.15. The van der Waals surface area contributed by atoms with E-state index >= 15 is 0 Å². The fourth-order valence-electron chi connectivity index (χ4n) is 1.61. The first-order chi connectivity index (χ1) is 9.31. The van der Waals surface area contributed by atoms with Gasteiger partial charge < -0.3 is 20.8 Å². The van der Waals surface area contributed by atoms with Crippen LogP contribution in [0.5, 0.6) is 11.5 Å². The molecule has 4 nitrogen and oxygen atoms in total. The largest absolute Gasteiger partial charge is 0.576 e. The van der Waals surface area contributed by atoms with Gasteiger partial charge in [0.25, 0.3) is 0 Å². The van der Waals surface area contributed by atoms with Crippen molar-refractivity contribution in [2.24, 2.45) is 11.5 Å². The van der Waals surface area contributed by atoms with Crippen LogP contribution >= 0.6 is 12.4 Å². The topological polar surface area (TPSA) is 70.5 Å². The van der Waals surface area contributed by atoms with Crippen molar-refractivity contribution in [3.8, 4) is 11.5 Å². The third-order valence-electron chi connectivity index (χ3n) is 2.77. The zero-order valence-electron chi connectivity index (χ0n) is 11.1. The summed E-state index contributed by atoms with van der Waals surface area (Å²) in [5.74, 6) is 1.52. The summed E-state index contributed by atoms with van der Waals surface area (Å²) in [6.45, 7) is 1.06. The van der Waals surface area contributed by atoms with E-state index in [1.165, 1.54) is 0 Å². The predicted molar refractivity (Wildman–Crippen MR) is 84.3 cm³/mol. The van der Waals surface area contributed by atoms with Crippen LogP contribution in [0.4, 0.5) is 0 Å². The molecule has 0 atom stereocenters. The second-order valence-electron chi connectivity index (χ2n) is 4.10. The summed E-state index contributed by atoms with van der Waals surface area (Å²) >= 11 is 0. The molecule has 2 rings (SSSR count). The summed E-state index contributed by atoms with van der Waals surface area (Å²) in [7, 11) is 0.171. The fourth-order valence-corrected chi connectivity index (χ4v) is 1.61. The fraction of sp³-hybridized carbons (Fsp3) is 0.143. The Hall–Kier alpha value is -1.69. The number of rotatable bonds is 6. The Labute approximate surface area is 125 Å². The highest BCUT2D eigenvalue weighted by Crippen LogP contribution is 2.14. The quantitative estimate of drug-likeness (QED) is 0.796. The van der Waals surface area contributed by atoms with Gasteiger partial charge in [-0.15, -0.1) is 12.4 Å². The molecule has 0 aliphatic carbocycles. The summed E-state index contributed by atoms with van der Waals surface area (Å²) in [6, 6.07) is 15.3. The molecular formula is C14H18BClN2O2. The summed E-state index contributed by atoms with van der Waals surface area (Å²) in [5, 5.41) is 0. The van der Waals surface area contributed by atoms with Gasteiger partial charge >= 0.3 is 7.69 Å². The summed E-state index contributed by atoms with van der Waals surface area (Å²) < 4.78 is 11.0. The molecule has 0 aliphatic rings. The molecule has 0 amide bonds. The number of halogens is 1. The van der Waals surface area contributed by atoms with Crippen LogP contribution in [0.3, 0.4) is 0 Å². The van der Waals surface area contributed by atoms with Crippen molar-refractivity contribution in [1.82, 2.24) is 0 Å². The molecule has 0 heterocycles. The minimum atomic E-state index is 0. The van der Waals surface area contributed by atoms with Crippen molar-refractivity contribution in [1.29, 1.82) is 0 Å². The maximum atomic E-state index is 5.53. The molecule has 0 aromatic heterocycles. The molecule has 20 heavy (non-hydrogen) atoms. The van der Waals surface area contributed by atoms with E-state index < -0.39 is 0 Å². The van der Waals surface area contributed by atoms with E-state index in [0.29, 0.717) is 13.1 Å². The molecular weight excluding hydrogens is 274 g/mol. The number of benzene rings is 2. The Bertz CT molecular complexity index is 458. The SMILES string of the molecule is Cl.NCc1ccc(OBOc2ccc(CN)cc2)cc1. The standard InChI is InChI=1S/C14H17BN2O2.ClH/c16-9-11-1-5-13(6-2-11)18-15-19-14-7-3-12(10-17)4-8-14;/h1-8,15H,9-10,16-17H2;1H. The summed E-state index contributed by atoms with van der Waals surface area (Å²) in [4.78, 5) is 0. The van der Waals surface area contributed by atoms with Gasteiger partial charge in [-0.25, -0.2) is 0 Å². The van der Waals surface area contributed by atoms with E-state index in [0.717, 1.165) is 22.6 Å². The number of nitrogens with two attached hydrogens (primary N) is 2. The third kappa shape index (κ3) is 4.77. The normalized spacial score (nSPS) is 9.50. The molecule has 2 aromatic carbocycles. The molecule has 0 saturated carbocycles. The van der Waals surface area contributed by atoms with Crippen LogP contribution in [-0.4, -0.2) is 7.69 Å². The van der Waals surface area contributed by atoms with Gasteiger partial charge in [0.15, 0.2) is 0 Å². The molecule has 0 aliphatic heterocycles. The van der Waals surface area contributed by atoms with E-state index in [9.17, 15) is 0 Å².